The molecule has 0 spiro atoms. The number of halogens is 1. The Bertz CT molecular complexity index is 776. The molecule has 1 unspecified atom stereocenters. The molecule has 1 aromatic heterocycles. The quantitative estimate of drug-likeness (QED) is 0.427. The van der Waals surface area contributed by atoms with Gasteiger partial charge in [-0.1, -0.05) is 37.3 Å². The monoisotopic (exact) mass is 340 g/mol. The highest BCUT2D eigenvalue weighted by Gasteiger charge is 2.33. The molecular formula is C19H21FN4O. The standard InChI is InChI=1S/C19H21FN4O/c1-3-19(2,14-7-5-4-6-8-14)18(25)24-17(21)10-12-22-15-9-11-23-16(20)13-15/h4-13H,3H2,1-2H3,(H,22,23)(H2,21,24,25)/b12-10-. The number of nitrogens with zero attached hydrogens (tertiary/aromatic N) is 1. The lowest BCUT2D eigenvalue weighted by Crippen LogP contribution is -2.44. The molecule has 0 aliphatic rings. The van der Waals surface area contributed by atoms with Crippen LogP contribution in [0.4, 0.5) is 10.1 Å². The lowest BCUT2D eigenvalue weighted by atomic mass is 9.79. The van der Waals surface area contributed by atoms with Crippen LogP contribution in [0.5, 0.6) is 0 Å². The Kier molecular flexibility index (Phi) is 6.00. The second-order valence-corrected chi connectivity index (χ2v) is 5.76. The summed E-state index contributed by atoms with van der Waals surface area (Å²) in [5.41, 5.74) is 0.686. The Morgan fingerprint density at radius 3 is 2.68 bits per heavy atom. The van der Waals surface area contributed by atoms with Crippen LogP contribution in [0, 0.1) is 11.4 Å². The summed E-state index contributed by atoms with van der Waals surface area (Å²) in [7, 11) is 0. The molecule has 1 heterocycles. The predicted molar refractivity (Wildman–Crippen MR) is 96.9 cm³/mol. The minimum Gasteiger partial charge on any atom is -0.361 e. The Balaban J connectivity index is 1.99. The number of anilines is 1. The topological polar surface area (TPSA) is 77.9 Å². The van der Waals surface area contributed by atoms with Crippen LogP contribution >= 0.6 is 0 Å². The number of carbonyl (C=O) groups excluding carboxylic acids is 1. The number of amidine groups is 1. The van der Waals surface area contributed by atoms with Gasteiger partial charge in [0.2, 0.25) is 11.9 Å². The van der Waals surface area contributed by atoms with Crippen LogP contribution in [0.25, 0.3) is 0 Å². The fraction of sp³-hybridized carbons (Fsp3) is 0.211. The second kappa shape index (κ2) is 8.19. The fourth-order valence-electron chi connectivity index (χ4n) is 2.32. The largest absolute Gasteiger partial charge is 0.361 e. The molecule has 1 amide bonds. The summed E-state index contributed by atoms with van der Waals surface area (Å²) < 4.78 is 13.0. The Labute approximate surface area is 146 Å². The summed E-state index contributed by atoms with van der Waals surface area (Å²) in [5.74, 6) is -0.892. The molecule has 5 nitrogen and oxygen atoms in total. The summed E-state index contributed by atoms with van der Waals surface area (Å²) in [5, 5.41) is 13.3. The van der Waals surface area contributed by atoms with E-state index in [4.69, 9.17) is 5.41 Å². The third-order valence-corrected chi connectivity index (χ3v) is 4.09. The molecule has 6 heteroatoms. The third kappa shape index (κ3) is 4.73. The van der Waals surface area contributed by atoms with E-state index in [2.05, 4.69) is 15.6 Å². The number of aromatic nitrogens is 1. The van der Waals surface area contributed by atoms with Crippen molar-refractivity contribution in [2.45, 2.75) is 25.7 Å². The molecule has 0 bridgehead atoms. The minimum absolute atomic E-state index is 0.0531. The highest BCUT2D eigenvalue weighted by molar-refractivity contribution is 6.06. The first-order valence-corrected chi connectivity index (χ1v) is 7.96. The van der Waals surface area contributed by atoms with E-state index in [9.17, 15) is 9.18 Å². The van der Waals surface area contributed by atoms with Gasteiger partial charge in [0.15, 0.2) is 0 Å². The van der Waals surface area contributed by atoms with Gasteiger partial charge in [-0.2, -0.15) is 4.39 Å². The molecule has 2 aromatic rings. The molecule has 130 valence electrons. The van der Waals surface area contributed by atoms with Crippen molar-refractivity contribution in [2.75, 3.05) is 5.32 Å². The molecular weight excluding hydrogens is 319 g/mol. The number of carbonyl (C=O) groups is 1. The SMILES string of the molecule is CCC(C)(C(=O)NC(=N)/C=C\Nc1ccnc(F)c1)c1ccccc1. The third-order valence-electron chi connectivity index (χ3n) is 4.09. The van der Waals surface area contributed by atoms with Crippen LogP contribution < -0.4 is 10.6 Å². The molecule has 1 atom stereocenters. The molecule has 3 N–H and O–H groups in total. The molecule has 2 rings (SSSR count). The summed E-state index contributed by atoms with van der Waals surface area (Å²) in [4.78, 5) is 16.1. The first kappa shape index (κ1) is 18.3. The van der Waals surface area contributed by atoms with Crippen LogP contribution in [0.1, 0.15) is 25.8 Å². The van der Waals surface area contributed by atoms with E-state index in [0.717, 1.165) is 5.56 Å². The lowest BCUT2D eigenvalue weighted by molar-refractivity contribution is -0.124. The highest BCUT2D eigenvalue weighted by atomic mass is 19.1. The molecule has 0 fully saturated rings. The highest BCUT2D eigenvalue weighted by Crippen LogP contribution is 2.27. The van der Waals surface area contributed by atoms with Crippen LogP contribution in [-0.2, 0) is 10.2 Å². The van der Waals surface area contributed by atoms with E-state index < -0.39 is 11.4 Å². The maximum atomic E-state index is 13.0. The Morgan fingerprint density at radius 1 is 1.32 bits per heavy atom. The fourth-order valence-corrected chi connectivity index (χ4v) is 2.32. The minimum atomic E-state index is -0.719. The maximum absolute atomic E-state index is 13.0. The van der Waals surface area contributed by atoms with Gasteiger partial charge in [0.25, 0.3) is 0 Å². The first-order valence-electron chi connectivity index (χ1n) is 7.96. The van der Waals surface area contributed by atoms with Crippen LogP contribution in [-0.4, -0.2) is 16.7 Å². The molecule has 25 heavy (non-hydrogen) atoms. The van der Waals surface area contributed by atoms with E-state index in [0.29, 0.717) is 12.1 Å². The van der Waals surface area contributed by atoms with Crippen molar-refractivity contribution in [1.29, 1.82) is 5.41 Å². The van der Waals surface area contributed by atoms with Gasteiger partial charge in [0.05, 0.1) is 5.41 Å². The molecule has 0 saturated carbocycles. The van der Waals surface area contributed by atoms with E-state index in [-0.39, 0.29) is 11.7 Å². The zero-order valence-electron chi connectivity index (χ0n) is 14.2. The van der Waals surface area contributed by atoms with Crippen molar-refractivity contribution >= 4 is 17.4 Å². The van der Waals surface area contributed by atoms with Gasteiger partial charge >= 0.3 is 0 Å². The molecule has 1 aromatic carbocycles. The zero-order valence-corrected chi connectivity index (χ0v) is 14.2. The van der Waals surface area contributed by atoms with Crippen molar-refractivity contribution < 1.29 is 9.18 Å². The Morgan fingerprint density at radius 2 is 2.04 bits per heavy atom. The number of pyridine rings is 1. The zero-order chi connectivity index (χ0) is 18.3. The number of nitrogens with one attached hydrogen (secondary N) is 3. The average molecular weight is 340 g/mol. The van der Waals surface area contributed by atoms with Crippen molar-refractivity contribution in [1.82, 2.24) is 10.3 Å². The van der Waals surface area contributed by atoms with Gasteiger partial charge in [-0.3, -0.25) is 10.2 Å². The van der Waals surface area contributed by atoms with Crippen molar-refractivity contribution in [3.05, 3.63) is 72.4 Å². The lowest BCUT2D eigenvalue weighted by Gasteiger charge is -2.27. The van der Waals surface area contributed by atoms with E-state index in [1.165, 1.54) is 24.5 Å². The van der Waals surface area contributed by atoms with Crippen molar-refractivity contribution in [2.24, 2.45) is 0 Å². The van der Waals surface area contributed by atoms with Crippen LogP contribution in [0.15, 0.2) is 60.9 Å². The molecule has 0 saturated heterocycles. The first-order chi connectivity index (χ1) is 12.0. The molecule has 0 radical (unpaired) electrons. The summed E-state index contributed by atoms with van der Waals surface area (Å²) in [6.07, 6.45) is 4.81. The van der Waals surface area contributed by atoms with Gasteiger partial charge < -0.3 is 10.6 Å². The number of benzene rings is 1. The van der Waals surface area contributed by atoms with Gasteiger partial charge in [-0.05, 0) is 31.1 Å². The van der Waals surface area contributed by atoms with Gasteiger partial charge in [-0.15, -0.1) is 0 Å². The number of hydrogen-bond acceptors (Lipinski definition) is 4. The van der Waals surface area contributed by atoms with E-state index in [1.807, 2.05) is 44.2 Å². The summed E-state index contributed by atoms with van der Waals surface area (Å²) in [6, 6.07) is 12.3. The molecule has 0 aliphatic carbocycles. The maximum Gasteiger partial charge on any atom is 0.235 e. The average Bonchev–Trinajstić information content (AvgIpc) is 2.61. The molecule has 0 aliphatic heterocycles. The van der Waals surface area contributed by atoms with Crippen LogP contribution in [0.3, 0.4) is 0 Å². The predicted octanol–water partition coefficient (Wildman–Crippen LogP) is 3.61. The van der Waals surface area contributed by atoms with Crippen molar-refractivity contribution in [3.8, 4) is 0 Å². The number of amides is 1. The number of rotatable bonds is 6. The number of hydrogen-bond donors (Lipinski definition) is 3. The van der Waals surface area contributed by atoms with E-state index >= 15 is 0 Å². The van der Waals surface area contributed by atoms with Gasteiger partial charge in [0, 0.05) is 24.2 Å². The summed E-state index contributed by atoms with van der Waals surface area (Å²) in [6.45, 7) is 3.79. The van der Waals surface area contributed by atoms with Gasteiger partial charge in [0.1, 0.15) is 5.84 Å². The Hall–Kier alpha value is -3.02. The second-order valence-electron chi connectivity index (χ2n) is 5.76. The van der Waals surface area contributed by atoms with Crippen molar-refractivity contribution in [3.63, 3.8) is 0 Å². The van der Waals surface area contributed by atoms with E-state index in [1.54, 1.807) is 6.07 Å². The normalized spacial score (nSPS) is 13.2. The summed E-state index contributed by atoms with van der Waals surface area (Å²) >= 11 is 0. The van der Waals surface area contributed by atoms with Gasteiger partial charge in [-0.25, -0.2) is 4.98 Å². The van der Waals surface area contributed by atoms with Crippen LogP contribution in [0.2, 0.25) is 0 Å². The smallest absolute Gasteiger partial charge is 0.235 e.